The van der Waals surface area contributed by atoms with Gasteiger partial charge in [-0.15, -0.1) is 11.3 Å². The molecule has 0 radical (unpaired) electrons. The molecule has 1 unspecified atom stereocenters. The first-order chi connectivity index (χ1) is 15.5. The lowest BCUT2D eigenvalue weighted by molar-refractivity contribution is -0.124. The molecule has 7 nitrogen and oxygen atoms in total. The highest BCUT2D eigenvalue weighted by Gasteiger charge is 2.31. The van der Waals surface area contributed by atoms with Crippen LogP contribution in [0.5, 0.6) is 5.75 Å². The van der Waals surface area contributed by atoms with Crippen LogP contribution in [0.3, 0.4) is 0 Å². The van der Waals surface area contributed by atoms with Crippen LogP contribution in [0.15, 0.2) is 30.6 Å². The maximum Gasteiger partial charge on any atom is 0.298 e. The predicted molar refractivity (Wildman–Crippen MR) is 127 cm³/mol. The van der Waals surface area contributed by atoms with Gasteiger partial charge in [-0.25, -0.2) is 9.97 Å². The number of carbonyl (C=O) groups excluding carboxylic acids is 1. The number of nitrogen functional groups attached to an aromatic ring is 1. The molecule has 1 atom stereocenters. The number of ether oxygens (including phenoxy) is 1. The van der Waals surface area contributed by atoms with Gasteiger partial charge in [-0.2, -0.15) is 0 Å². The third kappa shape index (κ3) is 3.26. The number of aromatic nitrogens is 3. The SMILES string of the molecule is CC#CC(=O)N1CCC(c2nc(-c3cc4cc(C)cc(OC)c4s3)c3c(N)nccn23)C1. The molecule has 162 valence electrons. The van der Waals surface area contributed by atoms with Gasteiger partial charge in [0.05, 0.1) is 16.7 Å². The van der Waals surface area contributed by atoms with Crippen LogP contribution >= 0.6 is 11.3 Å². The number of fused-ring (bicyclic) bond motifs is 2. The molecule has 32 heavy (non-hydrogen) atoms. The second-order valence-corrected chi connectivity index (χ2v) is 9.01. The van der Waals surface area contributed by atoms with E-state index in [1.165, 1.54) is 0 Å². The standard InChI is InChI=1S/C24H23N5O2S/c1-4-5-19(30)28-8-6-15(13-28)24-27-20(21-23(25)26-7-9-29(21)24)18-12-16-10-14(2)11-17(31-3)22(16)32-18/h7,9-12,15H,6,8,13H2,1-3H3,(H2,25,26). The van der Waals surface area contributed by atoms with E-state index in [4.69, 9.17) is 15.5 Å². The summed E-state index contributed by atoms with van der Waals surface area (Å²) in [5.41, 5.74) is 9.07. The number of likely N-dealkylation sites (tertiary alicyclic amines) is 1. The van der Waals surface area contributed by atoms with Gasteiger partial charge in [0.15, 0.2) is 0 Å². The molecule has 0 aliphatic carbocycles. The van der Waals surface area contributed by atoms with Gasteiger partial charge in [0.2, 0.25) is 0 Å². The summed E-state index contributed by atoms with van der Waals surface area (Å²) in [5.74, 6) is 7.48. The molecule has 8 heteroatoms. The van der Waals surface area contributed by atoms with E-state index in [2.05, 4.69) is 35.9 Å². The van der Waals surface area contributed by atoms with Gasteiger partial charge in [0.1, 0.15) is 28.6 Å². The lowest BCUT2D eigenvalue weighted by Gasteiger charge is -2.12. The number of nitrogens with zero attached hydrogens (tertiary/aromatic N) is 4. The Morgan fingerprint density at radius 1 is 1.34 bits per heavy atom. The Morgan fingerprint density at radius 2 is 2.19 bits per heavy atom. The highest BCUT2D eigenvalue weighted by molar-refractivity contribution is 7.22. The van der Waals surface area contributed by atoms with Gasteiger partial charge in [-0.05, 0) is 49.3 Å². The van der Waals surface area contributed by atoms with E-state index in [0.29, 0.717) is 18.9 Å². The largest absolute Gasteiger partial charge is 0.495 e. The number of hydrogen-bond acceptors (Lipinski definition) is 6. The smallest absolute Gasteiger partial charge is 0.298 e. The number of benzene rings is 1. The highest BCUT2D eigenvalue weighted by Crippen LogP contribution is 2.42. The van der Waals surface area contributed by atoms with Gasteiger partial charge in [0.25, 0.3) is 5.91 Å². The molecule has 1 fully saturated rings. The Hall–Kier alpha value is -3.57. The number of anilines is 1. The zero-order valence-corrected chi connectivity index (χ0v) is 19.0. The van der Waals surface area contributed by atoms with Gasteiger partial charge in [-0.3, -0.25) is 9.20 Å². The van der Waals surface area contributed by atoms with Crippen molar-refractivity contribution < 1.29 is 9.53 Å². The molecule has 4 heterocycles. The number of amides is 1. The fourth-order valence-corrected chi connectivity index (χ4v) is 5.54. The monoisotopic (exact) mass is 445 g/mol. The molecular formula is C24H23N5O2S. The van der Waals surface area contributed by atoms with Crippen LogP contribution in [0.25, 0.3) is 26.2 Å². The minimum absolute atomic E-state index is 0.104. The summed E-state index contributed by atoms with van der Waals surface area (Å²) >= 11 is 1.63. The maximum absolute atomic E-state index is 12.2. The molecule has 4 aromatic rings. The first-order valence-corrected chi connectivity index (χ1v) is 11.2. The number of aryl methyl sites for hydroxylation is 1. The van der Waals surface area contributed by atoms with Crippen LogP contribution in [0.4, 0.5) is 5.82 Å². The van der Waals surface area contributed by atoms with E-state index in [0.717, 1.165) is 49.7 Å². The second-order valence-electron chi connectivity index (χ2n) is 7.96. The molecule has 2 N–H and O–H groups in total. The molecule has 3 aromatic heterocycles. The molecule has 0 saturated carbocycles. The van der Waals surface area contributed by atoms with Crippen molar-refractivity contribution in [3.05, 3.63) is 42.0 Å². The first kappa shape index (κ1) is 20.3. The molecule has 1 aliphatic rings. The van der Waals surface area contributed by atoms with Crippen molar-refractivity contribution in [1.82, 2.24) is 19.3 Å². The summed E-state index contributed by atoms with van der Waals surface area (Å²) < 4.78 is 8.71. The molecule has 1 aromatic carbocycles. The second kappa shape index (κ2) is 7.84. The van der Waals surface area contributed by atoms with Crippen molar-refractivity contribution in [3.63, 3.8) is 0 Å². The average molecular weight is 446 g/mol. The topological polar surface area (TPSA) is 85.8 Å². The van der Waals surface area contributed by atoms with Crippen LogP contribution in [-0.4, -0.2) is 45.4 Å². The molecule has 5 rings (SSSR count). The Balaban J connectivity index is 1.63. The molecule has 0 spiro atoms. The van der Waals surface area contributed by atoms with Gasteiger partial charge >= 0.3 is 0 Å². The number of methoxy groups -OCH3 is 1. The Bertz CT molecular complexity index is 1430. The average Bonchev–Trinajstić information content (AvgIpc) is 3.49. The van der Waals surface area contributed by atoms with Crippen molar-refractivity contribution in [1.29, 1.82) is 0 Å². The Labute approximate surface area is 189 Å². The van der Waals surface area contributed by atoms with E-state index in [-0.39, 0.29) is 11.8 Å². The van der Waals surface area contributed by atoms with Crippen LogP contribution in [0, 0.1) is 18.8 Å². The summed E-state index contributed by atoms with van der Waals surface area (Å²) in [7, 11) is 1.69. The van der Waals surface area contributed by atoms with Gasteiger partial charge in [-0.1, -0.05) is 12.0 Å². The normalized spacial score (nSPS) is 15.8. The third-order valence-corrected chi connectivity index (χ3v) is 7.03. The fourth-order valence-electron chi connectivity index (χ4n) is 4.42. The Morgan fingerprint density at radius 3 is 2.97 bits per heavy atom. The number of thiophene rings is 1. The van der Waals surface area contributed by atoms with Crippen LogP contribution in [0.1, 0.15) is 30.7 Å². The number of carbonyl (C=O) groups is 1. The predicted octanol–water partition coefficient (Wildman–Crippen LogP) is 3.85. The van der Waals surface area contributed by atoms with Gasteiger partial charge in [0, 0.05) is 31.4 Å². The van der Waals surface area contributed by atoms with Crippen molar-refractivity contribution >= 4 is 38.7 Å². The fraction of sp³-hybridized carbons (Fsp3) is 0.292. The van der Waals surface area contributed by atoms with E-state index in [9.17, 15) is 4.79 Å². The summed E-state index contributed by atoms with van der Waals surface area (Å²) in [5, 5.41) is 1.11. The van der Waals surface area contributed by atoms with Crippen LogP contribution in [0.2, 0.25) is 0 Å². The molecule has 1 aliphatic heterocycles. The van der Waals surface area contributed by atoms with E-state index in [1.807, 2.05) is 16.7 Å². The quantitative estimate of drug-likeness (QED) is 0.484. The zero-order valence-electron chi connectivity index (χ0n) is 18.2. The zero-order chi connectivity index (χ0) is 22.4. The minimum Gasteiger partial charge on any atom is -0.495 e. The third-order valence-electron chi connectivity index (χ3n) is 5.86. The van der Waals surface area contributed by atoms with E-state index in [1.54, 1.807) is 36.5 Å². The maximum atomic E-state index is 12.2. The van der Waals surface area contributed by atoms with Gasteiger partial charge < -0.3 is 15.4 Å². The number of nitrogens with two attached hydrogens (primary N) is 1. The summed E-state index contributed by atoms with van der Waals surface area (Å²) in [6, 6.07) is 6.32. The number of hydrogen-bond donors (Lipinski definition) is 1. The van der Waals surface area contributed by atoms with Crippen molar-refractivity contribution in [2.45, 2.75) is 26.2 Å². The molecule has 1 amide bonds. The summed E-state index contributed by atoms with van der Waals surface area (Å²) in [4.78, 5) is 24.4. The summed E-state index contributed by atoms with van der Waals surface area (Å²) in [6.45, 7) is 4.99. The van der Waals surface area contributed by atoms with E-state index >= 15 is 0 Å². The lowest BCUT2D eigenvalue weighted by atomic mass is 10.1. The minimum atomic E-state index is -0.135. The molecule has 1 saturated heterocycles. The molecule has 0 bridgehead atoms. The number of imidazole rings is 1. The van der Waals surface area contributed by atoms with Crippen LogP contribution < -0.4 is 10.5 Å². The Kier molecular flexibility index (Phi) is 4.98. The van der Waals surface area contributed by atoms with Crippen molar-refractivity contribution in [2.75, 3.05) is 25.9 Å². The number of rotatable bonds is 3. The first-order valence-electron chi connectivity index (χ1n) is 10.4. The molecular weight excluding hydrogens is 422 g/mol. The highest BCUT2D eigenvalue weighted by atomic mass is 32.1. The van der Waals surface area contributed by atoms with Crippen molar-refractivity contribution in [2.24, 2.45) is 0 Å². The van der Waals surface area contributed by atoms with Crippen molar-refractivity contribution in [3.8, 4) is 28.2 Å². The van der Waals surface area contributed by atoms with Crippen LogP contribution in [-0.2, 0) is 4.79 Å². The van der Waals surface area contributed by atoms with E-state index < -0.39 is 0 Å². The summed E-state index contributed by atoms with van der Waals surface area (Å²) in [6.07, 6.45) is 4.41. The lowest BCUT2D eigenvalue weighted by Crippen LogP contribution is -2.27.